The van der Waals surface area contributed by atoms with Crippen LogP contribution in [0.5, 0.6) is 0 Å². The smallest absolute Gasteiger partial charge is 0.407 e. The predicted molar refractivity (Wildman–Crippen MR) is 123 cm³/mol. The third kappa shape index (κ3) is 5.51. The number of carbonyl (C=O) groups is 3. The summed E-state index contributed by atoms with van der Waals surface area (Å²) in [4.78, 5) is 37.2. The molecule has 33 heavy (non-hydrogen) atoms. The second-order valence-corrected chi connectivity index (χ2v) is 8.23. The Balaban J connectivity index is 1.65. The van der Waals surface area contributed by atoms with E-state index in [0.717, 1.165) is 22.3 Å². The summed E-state index contributed by atoms with van der Waals surface area (Å²) < 4.78 is 15.3. The number of alkyl carbamates (subject to hydrolysis) is 1. The molecule has 0 bridgehead atoms. The normalized spacial score (nSPS) is 14.1. The molecule has 176 valence electrons. The number of rotatable bonds is 9. The molecular formula is C25H30N2O6. The van der Waals surface area contributed by atoms with Gasteiger partial charge in [0.2, 0.25) is 5.91 Å². The Hall–Kier alpha value is -3.39. The van der Waals surface area contributed by atoms with Crippen LogP contribution < -0.4 is 10.6 Å². The first-order valence-corrected chi connectivity index (χ1v) is 10.9. The predicted octanol–water partition coefficient (Wildman–Crippen LogP) is 2.85. The number of nitrogens with one attached hydrogen (secondary N) is 2. The third-order valence-corrected chi connectivity index (χ3v) is 5.71. The van der Waals surface area contributed by atoms with E-state index < -0.39 is 30.1 Å². The van der Waals surface area contributed by atoms with Crippen molar-refractivity contribution >= 4 is 18.0 Å². The average Bonchev–Trinajstić information content (AvgIpc) is 3.13. The minimum atomic E-state index is -1.03. The first-order chi connectivity index (χ1) is 15.9. The Bertz CT molecular complexity index is 960. The van der Waals surface area contributed by atoms with Crippen LogP contribution in [-0.2, 0) is 23.8 Å². The van der Waals surface area contributed by atoms with Gasteiger partial charge in [-0.3, -0.25) is 4.79 Å². The van der Waals surface area contributed by atoms with Crippen LogP contribution in [0.2, 0.25) is 0 Å². The molecular weight excluding hydrogens is 424 g/mol. The summed E-state index contributed by atoms with van der Waals surface area (Å²) in [5, 5.41) is 5.16. The minimum Gasteiger partial charge on any atom is -0.467 e. The van der Waals surface area contributed by atoms with E-state index in [9.17, 15) is 14.4 Å². The van der Waals surface area contributed by atoms with Gasteiger partial charge in [0.15, 0.2) is 0 Å². The number of ether oxygens (including phenoxy) is 3. The molecule has 3 rings (SSSR count). The number of benzene rings is 2. The molecule has 8 heteroatoms. The maximum absolute atomic E-state index is 12.7. The van der Waals surface area contributed by atoms with Gasteiger partial charge >= 0.3 is 12.1 Å². The molecule has 2 aromatic rings. The van der Waals surface area contributed by atoms with E-state index in [2.05, 4.69) is 22.8 Å². The molecule has 8 nitrogen and oxygen atoms in total. The van der Waals surface area contributed by atoms with Gasteiger partial charge in [0.25, 0.3) is 0 Å². The molecule has 0 aromatic heterocycles. The van der Waals surface area contributed by atoms with Crippen molar-refractivity contribution in [2.45, 2.75) is 31.8 Å². The molecule has 2 atom stereocenters. The van der Waals surface area contributed by atoms with Crippen LogP contribution in [0.15, 0.2) is 48.5 Å². The highest BCUT2D eigenvalue weighted by Crippen LogP contribution is 2.44. The summed E-state index contributed by atoms with van der Waals surface area (Å²) in [5.74, 6) is -1.41. The van der Waals surface area contributed by atoms with Crippen LogP contribution in [0.3, 0.4) is 0 Å². The van der Waals surface area contributed by atoms with Crippen molar-refractivity contribution in [3.8, 4) is 11.1 Å². The molecule has 1 aliphatic rings. The zero-order valence-electron chi connectivity index (χ0n) is 19.3. The summed E-state index contributed by atoms with van der Waals surface area (Å²) in [6, 6.07) is 14.2. The fourth-order valence-corrected chi connectivity index (χ4v) is 4.01. The second kappa shape index (κ2) is 11.0. The lowest BCUT2D eigenvalue weighted by atomic mass is 9.98. The topological polar surface area (TPSA) is 103 Å². The molecule has 0 aliphatic heterocycles. The van der Waals surface area contributed by atoms with E-state index >= 15 is 0 Å². The summed E-state index contributed by atoms with van der Waals surface area (Å²) in [6.45, 7) is 3.61. The van der Waals surface area contributed by atoms with Crippen molar-refractivity contribution in [2.75, 3.05) is 27.4 Å². The van der Waals surface area contributed by atoms with Crippen molar-refractivity contribution in [3.63, 3.8) is 0 Å². The second-order valence-electron chi connectivity index (χ2n) is 8.23. The van der Waals surface area contributed by atoms with Crippen molar-refractivity contribution in [2.24, 2.45) is 5.92 Å². The number of hydrogen-bond donors (Lipinski definition) is 2. The van der Waals surface area contributed by atoms with E-state index in [0.29, 0.717) is 0 Å². The number of carbonyl (C=O) groups excluding carboxylic acids is 3. The van der Waals surface area contributed by atoms with Gasteiger partial charge in [0, 0.05) is 13.0 Å². The van der Waals surface area contributed by atoms with Crippen LogP contribution in [0.25, 0.3) is 11.1 Å². The molecule has 0 spiro atoms. The molecule has 0 radical (unpaired) electrons. The summed E-state index contributed by atoms with van der Waals surface area (Å²) in [6.07, 6.45) is -0.742. The zero-order chi connectivity index (χ0) is 24.0. The van der Waals surface area contributed by atoms with E-state index in [1.54, 1.807) is 13.8 Å². The van der Waals surface area contributed by atoms with E-state index in [1.165, 1.54) is 14.2 Å². The fourth-order valence-electron chi connectivity index (χ4n) is 4.01. The molecule has 2 amide bonds. The van der Waals surface area contributed by atoms with Gasteiger partial charge in [0.05, 0.1) is 13.7 Å². The van der Waals surface area contributed by atoms with E-state index in [4.69, 9.17) is 14.2 Å². The van der Waals surface area contributed by atoms with E-state index in [1.807, 2.05) is 36.4 Å². The Morgan fingerprint density at radius 2 is 1.48 bits per heavy atom. The molecule has 2 aromatic carbocycles. The van der Waals surface area contributed by atoms with Gasteiger partial charge in [-0.2, -0.15) is 0 Å². The highest BCUT2D eigenvalue weighted by molar-refractivity contribution is 5.90. The Morgan fingerprint density at radius 3 is 2.00 bits per heavy atom. The van der Waals surface area contributed by atoms with Crippen LogP contribution in [0, 0.1) is 5.92 Å². The maximum Gasteiger partial charge on any atom is 0.407 e. The molecule has 0 saturated heterocycles. The van der Waals surface area contributed by atoms with Gasteiger partial charge in [-0.1, -0.05) is 62.4 Å². The zero-order valence-corrected chi connectivity index (χ0v) is 19.3. The molecule has 0 saturated carbocycles. The van der Waals surface area contributed by atoms with Gasteiger partial charge < -0.3 is 24.8 Å². The average molecular weight is 455 g/mol. The number of methoxy groups -OCH3 is 2. The summed E-state index contributed by atoms with van der Waals surface area (Å²) in [7, 11) is 2.67. The SMILES string of the molecule is COC[C@@H](NC(=O)OCC1c2ccccc2-c2ccccc21)C(=O)NC(C(=O)OC)C(C)C. The van der Waals surface area contributed by atoms with Crippen molar-refractivity contribution < 1.29 is 28.6 Å². The van der Waals surface area contributed by atoms with E-state index in [-0.39, 0.29) is 25.0 Å². The highest BCUT2D eigenvalue weighted by atomic mass is 16.5. The van der Waals surface area contributed by atoms with Crippen LogP contribution >= 0.6 is 0 Å². The van der Waals surface area contributed by atoms with Gasteiger partial charge in [-0.25, -0.2) is 9.59 Å². The van der Waals surface area contributed by atoms with Gasteiger partial charge in [-0.15, -0.1) is 0 Å². The first-order valence-electron chi connectivity index (χ1n) is 10.9. The molecule has 1 aliphatic carbocycles. The highest BCUT2D eigenvalue weighted by Gasteiger charge is 2.31. The standard InChI is InChI=1S/C25H30N2O6/c1-15(2)22(24(29)32-4)27-23(28)21(14-31-3)26-25(30)33-13-20-18-11-7-5-9-16(18)17-10-6-8-12-19(17)20/h5-12,15,20-22H,13-14H2,1-4H3,(H,26,30)(H,27,28)/t21-,22?/m1/s1. The fraction of sp³-hybridized carbons (Fsp3) is 0.400. The molecule has 1 unspecified atom stereocenters. The first kappa shape index (κ1) is 24.3. The Kier molecular flexibility index (Phi) is 8.06. The monoisotopic (exact) mass is 454 g/mol. The van der Waals surface area contributed by atoms with Crippen molar-refractivity contribution in [1.29, 1.82) is 0 Å². The number of esters is 1. The molecule has 0 heterocycles. The van der Waals surface area contributed by atoms with Crippen LogP contribution in [0.1, 0.15) is 30.9 Å². The lowest BCUT2D eigenvalue weighted by Crippen LogP contribution is -2.55. The van der Waals surface area contributed by atoms with Crippen molar-refractivity contribution in [3.05, 3.63) is 59.7 Å². The van der Waals surface area contributed by atoms with Crippen molar-refractivity contribution in [1.82, 2.24) is 10.6 Å². The maximum atomic E-state index is 12.7. The number of hydrogen-bond acceptors (Lipinski definition) is 6. The van der Waals surface area contributed by atoms with Gasteiger partial charge in [0.1, 0.15) is 18.7 Å². The van der Waals surface area contributed by atoms with Gasteiger partial charge in [-0.05, 0) is 28.2 Å². The molecule has 0 fully saturated rings. The Labute approximate surface area is 193 Å². The largest absolute Gasteiger partial charge is 0.467 e. The Morgan fingerprint density at radius 1 is 0.909 bits per heavy atom. The molecule has 2 N–H and O–H groups in total. The third-order valence-electron chi connectivity index (χ3n) is 5.71. The van der Waals surface area contributed by atoms with Crippen LogP contribution in [0.4, 0.5) is 4.79 Å². The minimum absolute atomic E-state index is 0.0813. The number of fused-ring (bicyclic) bond motifs is 3. The quantitative estimate of drug-likeness (QED) is 0.565. The van der Waals surface area contributed by atoms with Crippen LogP contribution in [-0.4, -0.2) is 57.5 Å². The lowest BCUT2D eigenvalue weighted by Gasteiger charge is -2.24. The number of amides is 2. The summed E-state index contributed by atoms with van der Waals surface area (Å²) >= 11 is 0. The lowest BCUT2D eigenvalue weighted by molar-refractivity contribution is -0.146. The summed E-state index contributed by atoms with van der Waals surface area (Å²) in [5.41, 5.74) is 4.44.